The molecule has 1 fully saturated rings. The summed E-state index contributed by atoms with van der Waals surface area (Å²) in [5.74, 6) is -0.282. The molecule has 2 atom stereocenters. The van der Waals surface area contributed by atoms with Gasteiger partial charge in [-0.25, -0.2) is 8.42 Å². The minimum atomic E-state index is -3.59. The highest BCUT2D eigenvalue weighted by atomic mass is 79.9. The molecule has 6 nitrogen and oxygen atoms in total. The number of rotatable bonds is 5. The molecule has 1 aliphatic heterocycles. The lowest BCUT2D eigenvalue weighted by atomic mass is 10.3. The number of nitrogens with one attached hydrogen (secondary N) is 1. The number of ether oxygens (including phenoxy) is 1. The number of nitrogens with zero attached hydrogens (tertiary/aromatic N) is 1. The van der Waals surface area contributed by atoms with Gasteiger partial charge in [-0.1, -0.05) is 0 Å². The van der Waals surface area contributed by atoms with Gasteiger partial charge in [-0.05, 0) is 72.3 Å². The highest BCUT2D eigenvalue weighted by Crippen LogP contribution is 2.24. The number of hydrogen-bond acceptors (Lipinski definition) is 5. The predicted molar refractivity (Wildman–Crippen MR) is 115 cm³/mol. The third kappa shape index (κ3) is 5.30. The van der Waals surface area contributed by atoms with Gasteiger partial charge in [0.1, 0.15) is 0 Å². The summed E-state index contributed by atoms with van der Waals surface area (Å²) in [5, 5.41) is 2.73. The standard InChI is InChI=1S/C19H21BrN2O4S2/c1-13-11-22(12-14(2)26-13)28(24,25)17-7-3-15(4-8-17)21-19(23)10-6-16-5-9-18(20)27-16/h3-10,13-14H,11-12H2,1-2H3,(H,21,23). The second kappa shape index (κ2) is 8.87. The van der Waals surface area contributed by atoms with Gasteiger partial charge in [0.15, 0.2) is 0 Å². The van der Waals surface area contributed by atoms with E-state index in [0.717, 1.165) is 8.66 Å². The SMILES string of the molecule is CC1CN(S(=O)(=O)c2ccc(NC(=O)C=Cc3ccc(Br)s3)cc2)CC(C)O1. The van der Waals surface area contributed by atoms with E-state index in [1.807, 2.05) is 26.0 Å². The van der Waals surface area contributed by atoms with Gasteiger partial charge in [0.25, 0.3) is 0 Å². The smallest absolute Gasteiger partial charge is 0.248 e. The molecule has 2 unspecified atom stereocenters. The van der Waals surface area contributed by atoms with E-state index in [-0.39, 0.29) is 23.0 Å². The Morgan fingerprint density at radius 3 is 2.39 bits per heavy atom. The van der Waals surface area contributed by atoms with Crippen LogP contribution < -0.4 is 5.32 Å². The molecule has 2 aromatic rings. The van der Waals surface area contributed by atoms with Crippen LogP contribution in [0.2, 0.25) is 0 Å². The third-order valence-corrected chi connectivity index (χ3v) is 7.57. The van der Waals surface area contributed by atoms with Crippen LogP contribution in [0.3, 0.4) is 0 Å². The van der Waals surface area contributed by atoms with Crippen molar-refractivity contribution in [3.05, 3.63) is 51.1 Å². The van der Waals surface area contributed by atoms with Gasteiger partial charge < -0.3 is 10.1 Å². The maximum Gasteiger partial charge on any atom is 0.248 e. The highest BCUT2D eigenvalue weighted by Gasteiger charge is 2.32. The highest BCUT2D eigenvalue weighted by molar-refractivity contribution is 9.11. The van der Waals surface area contributed by atoms with Crippen LogP contribution in [0.15, 0.2) is 51.2 Å². The van der Waals surface area contributed by atoms with Crippen molar-refractivity contribution >= 4 is 55.0 Å². The molecule has 9 heteroatoms. The van der Waals surface area contributed by atoms with Gasteiger partial charge in [-0.2, -0.15) is 4.31 Å². The fourth-order valence-corrected chi connectivity index (χ4v) is 5.86. The average Bonchev–Trinajstić information content (AvgIpc) is 3.05. The summed E-state index contributed by atoms with van der Waals surface area (Å²) in [6.45, 7) is 4.38. The van der Waals surface area contributed by atoms with Crippen molar-refractivity contribution in [3.63, 3.8) is 0 Å². The van der Waals surface area contributed by atoms with Gasteiger partial charge in [0.2, 0.25) is 15.9 Å². The number of sulfonamides is 1. The molecule has 0 radical (unpaired) electrons. The minimum absolute atomic E-state index is 0.146. The Hall–Kier alpha value is -1.52. The van der Waals surface area contributed by atoms with E-state index in [1.165, 1.54) is 33.9 Å². The molecular weight excluding hydrogens is 464 g/mol. The largest absolute Gasteiger partial charge is 0.373 e. The van der Waals surface area contributed by atoms with Gasteiger partial charge in [-0.15, -0.1) is 11.3 Å². The van der Waals surface area contributed by atoms with Gasteiger partial charge in [0, 0.05) is 29.7 Å². The maximum atomic E-state index is 12.8. The summed E-state index contributed by atoms with van der Waals surface area (Å²) < 4.78 is 33.7. The van der Waals surface area contributed by atoms with E-state index in [4.69, 9.17) is 4.74 Å². The van der Waals surface area contributed by atoms with Crippen LogP contribution in [0.4, 0.5) is 5.69 Å². The summed E-state index contributed by atoms with van der Waals surface area (Å²) in [4.78, 5) is 13.2. The Bertz CT molecular complexity index is 960. The molecule has 0 spiro atoms. The van der Waals surface area contributed by atoms with E-state index < -0.39 is 10.0 Å². The molecule has 3 rings (SSSR count). The van der Waals surface area contributed by atoms with E-state index in [2.05, 4.69) is 21.2 Å². The molecule has 0 aliphatic carbocycles. The van der Waals surface area contributed by atoms with Crippen LogP contribution in [0, 0.1) is 0 Å². The summed E-state index contributed by atoms with van der Waals surface area (Å²) in [5.41, 5.74) is 0.532. The molecule has 1 aliphatic rings. The van der Waals surface area contributed by atoms with Crippen molar-refractivity contribution in [2.45, 2.75) is 31.0 Å². The van der Waals surface area contributed by atoms with Crippen LogP contribution in [0.1, 0.15) is 18.7 Å². The van der Waals surface area contributed by atoms with Crippen molar-refractivity contribution < 1.29 is 17.9 Å². The second-order valence-electron chi connectivity index (χ2n) is 6.57. The Labute approximate surface area is 177 Å². The summed E-state index contributed by atoms with van der Waals surface area (Å²) >= 11 is 4.90. The second-order valence-corrected chi connectivity index (χ2v) is 11.0. The van der Waals surface area contributed by atoms with E-state index in [9.17, 15) is 13.2 Å². The number of halogens is 1. The molecule has 28 heavy (non-hydrogen) atoms. The fourth-order valence-electron chi connectivity index (χ4n) is 2.95. The number of benzene rings is 1. The lowest BCUT2D eigenvalue weighted by Gasteiger charge is -2.34. The summed E-state index contributed by atoms with van der Waals surface area (Å²) in [7, 11) is -3.59. The first-order valence-corrected chi connectivity index (χ1v) is 11.8. The van der Waals surface area contributed by atoms with Crippen molar-refractivity contribution in [1.29, 1.82) is 0 Å². The number of amides is 1. The molecule has 1 saturated heterocycles. The first-order valence-electron chi connectivity index (χ1n) is 8.74. The van der Waals surface area contributed by atoms with Crippen molar-refractivity contribution in [2.75, 3.05) is 18.4 Å². The van der Waals surface area contributed by atoms with Crippen molar-refractivity contribution in [3.8, 4) is 0 Å². The zero-order chi connectivity index (χ0) is 20.3. The van der Waals surface area contributed by atoms with Crippen LogP contribution in [0.25, 0.3) is 6.08 Å². The molecule has 0 saturated carbocycles. The molecule has 2 heterocycles. The number of carbonyl (C=O) groups excluding carboxylic acids is 1. The average molecular weight is 485 g/mol. The maximum absolute atomic E-state index is 12.8. The first kappa shape index (κ1) is 21.2. The minimum Gasteiger partial charge on any atom is -0.373 e. The van der Waals surface area contributed by atoms with Crippen LogP contribution in [-0.4, -0.2) is 43.9 Å². The van der Waals surface area contributed by atoms with Gasteiger partial charge in [0.05, 0.1) is 20.9 Å². The van der Waals surface area contributed by atoms with E-state index in [1.54, 1.807) is 18.2 Å². The summed E-state index contributed by atoms with van der Waals surface area (Å²) in [6.07, 6.45) is 2.88. The molecule has 150 valence electrons. The van der Waals surface area contributed by atoms with Crippen molar-refractivity contribution in [2.24, 2.45) is 0 Å². The van der Waals surface area contributed by atoms with Gasteiger partial charge >= 0.3 is 0 Å². The van der Waals surface area contributed by atoms with Crippen LogP contribution in [-0.2, 0) is 19.6 Å². The van der Waals surface area contributed by atoms with Gasteiger partial charge in [-0.3, -0.25) is 4.79 Å². The topological polar surface area (TPSA) is 75.7 Å². The monoisotopic (exact) mass is 484 g/mol. The Balaban J connectivity index is 1.65. The number of thiophene rings is 1. The van der Waals surface area contributed by atoms with Crippen LogP contribution >= 0.6 is 27.3 Å². The lowest BCUT2D eigenvalue weighted by Crippen LogP contribution is -2.48. The van der Waals surface area contributed by atoms with E-state index >= 15 is 0 Å². The first-order chi connectivity index (χ1) is 13.2. The normalized spacial score (nSPS) is 21.1. The van der Waals surface area contributed by atoms with Crippen LogP contribution in [0.5, 0.6) is 0 Å². The summed E-state index contributed by atoms with van der Waals surface area (Å²) in [6, 6.07) is 10.0. The molecule has 0 bridgehead atoms. The molecule has 1 aromatic carbocycles. The number of hydrogen-bond donors (Lipinski definition) is 1. The Kier molecular flexibility index (Phi) is 6.72. The molecule has 1 amide bonds. The lowest BCUT2D eigenvalue weighted by molar-refractivity contribution is -0.111. The fraction of sp³-hybridized carbons (Fsp3) is 0.316. The molecule has 1 N–H and O–H groups in total. The van der Waals surface area contributed by atoms with Crippen molar-refractivity contribution in [1.82, 2.24) is 4.31 Å². The number of carbonyl (C=O) groups is 1. The molecule has 1 aromatic heterocycles. The zero-order valence-electron chi connectivity index (χ0n) is 15.5. The Morgan fingerprint density at radius 1 is 1.18 bits per heavy atom. The quantitative estimate of drug-likeness (QED) is 0.651. The Morgan fingerprint density at radius 2 is 1.82 bits per heavy atom. The third-order valence-electron chi connectivity index (χ3n) is 4.14. The number of morpholine rings is 1. The predicted octanol–water partition coefficient (Wildman–Crippen LogP) is 3.96. The van der Waals surface area contributed by atoms with E-state index in [0.29, 0.717) is 18.8 Å². The number of anilines is 1. The molecular formula is C19H21BrN2O4S2. The zero-order valence-corrected chi connectivity index (χ0v) is 18.7.